The molecule has 10 heteroatoms. The molecule has 0 aromatic heterocycles. The van der Waals surface area contributed by atoms with Crippen LogP contribution in [0.1, 0.15) is 21.5 Å². The Balaban J connectivity index is 1.27. The van der Waals surface area contributed by atoms with Crippen molar-refractivity contribution < 1.29 is 19.2 Å². The molecule has 2 aliphatic heterocycles. The van der Waals surface area contributed by atoms with Gasteiger partial charge in [0.05, 0.1) is 13.1 Å². The van der Waals surface area contributed by atoms with Crippen LogP contribution >= 0.6 is 0 Å². The summed E-state index contributed by atoms with van der Waals surface area (Å²) in [6, 6.07) is 29.3. The summed E-state index contributed by atoms with van der Waals surface area (Å²) in [5.74, 6) is -0.565. The van der Waals surface area contributed by atoms with Crippen molar-refractivity contribution in [1.29, 1.82) is 0 Å². The van der Waals surface area contributed by atoms with Crippen LogP contribution in [0.5, 0.6) is 0 Å². The lowest BCUT2D eigenvalue weighted by Crippen LogP contribution is -2.65. The number of rotatable bonds is 7. The molecule has 0 aliphatic carbocycles. The zero-order chi connectivity index (χ0) is 30.8. The van der Waals surface area contributed by atoms with Crippen LogP contribution in [0.2, 0.25) is 0 Å². The second kappa shape index (κ2) is 12.2. The largest absolute Gasteiger partial charge is 0.340 e. The fraction of sp³-hybridized carbons (Fsp3) is 0.235. The van der Waals surface area contributed by atoms with Crippen LogP contribution < -0.4 is 10.6 Å². The van der Waals surface area contributed by atoms with E-state index in [1.807, 2.05) is 72.8 Å². The zero-order valence-corrected chi connectivity index (χ0v) is 24.6. The lowest BCUT2D eigenvalue weighted by Gasteiger charge is -2.45. The van der Waals surface area contributed by atoms with E-state index < -0.39 is 12.2 Å². The third-order valence-corrected chi connectivity index (χ3v) is 8.38. The molecule has 2 fully saturated rings. The lowest BCUT2D eigenvalue weighted by molar-refractivity contribution is -0.157. The van der Waals surface area contributed by atoms with Crippen LogP contribution in [-0.4, -0.2) is 83.0 Å². The number of amides is 5. The highest BCUT2D eigenvalue weighted by Gasteiger charge is 2.51. The Morgan fingerprint density at radius 2 is 1.59 bits per heavy atom. The number of hydrazine groups is 1. The highest BCUT2D eigenvalue weighted by molar-refractivity contribution is 6.04. The number of urea groups is 1. The van der Waals surface area contributed by atoms with Crippen molar-refractivity contribution >= 4 is 40.2 Å². The first-order valence-corrected chi connectivity index (χ1v) is 14.6. The van der Waals surface area contributed by atoms with Gasteiger partial charge < -0.3 is 20.4 Å². The Morgan fingerprint density at radius 1 is 0.886 bits per heavy atom. The van der Waals surface area contributed by atoms with Gasteiger partial charge in [-0.05, 0) is 46.2 Å². The minimum atomic E-state index is -0.760. The number of benzene rings is 4. The monoisotopic (exact) mass is 590 g/mol. The van der Waals surface area contributed by atoms with E-state index in [4.69, 9.17) is 0 Å². The van der Waals surface area contributed by atoms with Crippen LogP contribution in [0.4, 0.5) is 10.5 Å². The summed E-state index contributed by atoms with van der Waals surface area (Å²) in [5.41, 5.74) is 3.04. The highest BCUT2D eigenvalue weighted by Crippen LogP contribution is 2.31. The van der Waals surface area contributed by atoms with Gasteiger partial charge in [0.25, 0.3) is 5.91 Å². The van der Waals surface area contributed by atoms with Gasteiger partial charge in [-0.3, -0.25) is 19.4 Å². The molecule has 0 bridgehead atoms. The smallest absolute Gasteiger partial charge is 0.331 e. The van der Waals surface area contributed by atoms with Crippen LogP contribution in [0.3, 0.4) is 0 Å². The summed E-state index contributed by atoms with van der Waals surface area (Å²) in [5, 5.41) is 10.8. The molecular weight excluding hydrogens is 556 g/mol. The predicted octanol–water partition coefficient (Wildman–Crippen LogP) is 3.70. The van der Waals surface area contributed by atoms with E-state index in [1.165, 1.54) is 5.01 Å². The second-order valence-corrected chi connectivity index (χ2v) is 11.1. The van der Waals surface area contributed by atoms with E-state index in [9.17, 15) is 19.2 Å². The summed E-state index contributed by atoms with van der Waals surface area (Å²) < 4.78 is 0. The third kappa shape index (κ3) is 5.59. The van der Waals surface area contributed by atoms with Crippen molar-refractivity contribution in [3.05, 3.63) is 114 Å². The minimum Gasteiger partial charge on any atom is -0.340 e. The summed E-state index contributed by atoms with van der Waals surface area (Å²) in [7, 11) is 3.17. The van der Waals surface area contributed by atoms with E-state index >= 15 is 0 Å². The number of hydrogen-bond acceptors (Lipinski definition) is 5. The van der Waals surface area contributed by atoms with Crippen LogP contribution in [0.15, 0.2) is 97.1 Å². The lowest BCUT2D eigenvalue weighted by atomic mass is 9.98. The molecule has 0 radical (unpaired) electrons. The SMILES string of the molecule is CNC(=O)N(C)N1CC(=O)N2[C@@H](Cc3ccc(NC(=O)c4ccccc4)cc3)C(=O)N(Cc3cccc4ccccc34)C[C@@H]21. The van der Waals surface area contributed by atoms with Crippen molar-refractivity contribution in [2.75, 3.05) is 32.5 Å². The van der Waals surface area contributed by atoms with Gasteiger partial charge in [0.15, 0.2) is 0 Å². The molecule has 2 heterocycles. The molecule has 44 heavy (non-hydrogen) atoms. The van der Waals surface area contributed by atoms with E-state index in [1.54, 1.807) is 53.2 Å². The maximum absolute atomic E-state index is 14.2. The van der Waals surface area contributed by atoms with E-state index in [-0.39, 0.29) is 43.3 Å². The first-order valence-electron chi connectivity index (χ1n) is 14.6. The third-order valence-electron chi connectivity index (χ3n) is 8.38. The molecule has 2 aliphatic rings. The Kier molecular flexibility index (Phi) is 7.99. The Labute approximate surface area is 255 Å². The topological polar surface area (TPSA) is 105 Å². The maximum Gasteiger partial charge on any atom is 0.331 e. The molecule has 2 atom stereocenters. The second-order valence-electron chi connectivity index (χ2n) is 11.1. The van der Waals surface area contributed by atoms with Gasteiger partial charge in [0.1, 0.15) is 12.2 Å². The van der Waals surface area contributed by atoms with Gasteiger partial charge in [0, 0.05) is 38.3 Å². The molecule has 10 nitrogen and oxygen atoms in total. The van der Waals surface area contributed by atoms with Gasteiger partial charge in [-0.2, -0.15) is 5.01 Å². The quantitative estimate of drug-likeness (QED) is 0.342. The number of piperazine rings is 1. The fourth-order valence-corrected chi connectivity index (χ4v) is 6.10. The van der Waals surface area contributed by atoms with E-state index in [0.717, 1.165) is 21.9 Å². The van der Waals surface area contributed by atoms with E-state index in [2.05, 4.69) is 10.6 Å². The number of carbonyl (C=O) groups excluding carboxylic acids is 4. The van der Waals surface area contributed by atoms with Crippen molar-refractivity contribution in [1.82, 2.24) is 25.1 Å². The number of anilines is 1. The zero-order valence-electron chi connectivity index (χ0n) is 24.6. The van der Waals surface area contributed by atoms with Crippen LogP contribution in [-0.2, 0) is 22.6 Å². The summed E-state index contributed by atoms with van der Waals surface area (Å²) >= 11 is 0. The minimum absolute atomic E-state index is 0.00900. The molecule has 5 amide bonds. The van der Waals surface area contributed by atoms with Gasteiger partial charge in [-0.1, -0.05) is 72.8 Å². The fourth-order valence-electron chi connectivity index (χ4n) is 6.10. The number of nitrogens with zero attached hydrogens (tertiary/aromatic N) is 4. The summed E-state index contributed by atoms with van der Waals surface area (Å²) in [6.45, 7) is 0.623. The Hall–Kier alpha value is -5.22. The van der Waals surface area contributed by atoms with Crippen molar-refractivity contribution in [2.45, 2.75) is 25.2 Å². The molecule has 224 valence electrons. The number of fused-ring (bicyclic) bond motifs is 2. The van der Waals surface area contributed by atoms with Crippen molar-refractivity contribution in [3.8, 4) is 0 Å². The molecule has 2 saturated heterocycles. The number of nitrogens with one attached hydrogen (secondary N) is 2. The molecule has 4 aromatic rings. The summed E-state index contributed by atoms with van der Waals surface area (Å²) in [4.78, 5) is 56.2. The van der Waals surface area contributed by atoms with Gasteiger partial charge >= 0.3 is 6.03 Å². The van der Waals surface area contributed by atoms with E-state index in [0.29, 0.717) is 17.8 Å². The summed E-state index contributed by atoms with van der Waals surface area (Å²) in [6.07, 6.45) is -0.218. The molecule has 2 N–H and O–H groups in total. The Morgan fingerprint density at radius 3 is 2.34 bits per heavy atom. The van der Waals surface area contributed by atoms with Gasteiger partial charge in [-0.15, -0.1) is 0 Å². The highest BCUT2D eigenvalue weighted by atomic mass is 16.2. The molecular formula is C34H34N6O4. The molecule has 0 spiro atoms. The average Bonchev–Trinajstić information content (AvgIpc) is 3.38. The molecule has 6 rings (SSSR count). The normalized spacial score (nSPS) is 18.3. The average molecular weight is 591 g/mol. The maximum atomic E-state index is 14.2. The first kappa shape index (κ1) is 28.9. The molecule has 0 unspecified atom stereocenters. The number of hydrogen-bond donors (Lipinski definition) is 2. The van der Waals surface area contributed by atoms with Gasteiger partial charge in [-0.25, -0.2) is 4.79 Å². The number of carbonyl (C=O) groups is 4. The van der Waals surface area contributed by atoms with Crippen molar-refractivity contribution in [2.24, 2.45) is 0 Å². The van der Waals surface area contributed by atoms with Crippen LogP contribution in [0, 0.1) is 0 Å². The first-order chi connectivity index (χ1) is 21.3. The Bertz CT molecular complexity index is 1700. The van der Waals surface area contributed by atoms with Gasteiger partial charge in [0.2, 0.25) is 11.8 Å². The molecule has 4 aromatic carbocycles. The van der Waals surface area contributed by atoms with Crippen molar-refractivity contribution in [3.63, 3.8) is 0 Å². The van der Waals surface area contributed by atoms with Crippen LogP contribution in [0.25, 0.3) is 10.8 Å². The standard InChI is InChI=1S/C34H34N6O4/c1-35-34(44)37(2)39-22-31(41)40-29(19-23-15-17-27(18-16-23)36-32(42)25-10-4-3-5-11-25)33(43)38(21-30(39)40)20-26-13-8-12-24-9-6-7-14-28(24)26/h3-18,29-30H,19-22H2,1-2H3,(H,35,44)(H,36,42)/t29-,30+/m0/s1. The predicted molar refractivity (Wildman–Crippen MR) is 167 cm³/mol. The molecule has 0 saturated carbocycles.